The molecule has 2 aliphatic heterocycles. The van der Waals surface area contributed by atoms with Crippen LogP contribution < -0.4 is 20.7 Å². The van der Waals surface area contributed by atoms with Crippen molar-refractivity contribution in [3.63, 3.8) is 0 Å². The molecule has 12 heteroatoms. The zero-order chi connectivity index (χ0) is 31.0. The molecule has 44 heavy (non-hydrogen) atoms. The summed E-state index contributed by atoms with van der Waals surface area (Å²) in [4.78, 5) is 52.3. The summed E-state index contributed by atoms with van der Waals surface area (Å²) in [5.74, 6) is -1.96. The van der Waals surface area contributed by atoms with Gasteiger partial charge in [-0.25, -0.2) is 14.2 Å². The largest absolute Gasteiger partial charge is 0.501 e. The van der Waals surface area contributed by atoms with E-state index >= 15 is 0 Å². The molecule has 0 saturated carbocycles. The smallest absolute Gasteiger partial charge is 0.324 e. The molecular weight excluding hydrogens is 565 g/mol. The maximum Gasteiger partial charge on any atom is 0.324 e. The number of pyridine rings is 1. The molecule has 1 aliphatic carbocycles. The summed E-state index contributed by atoms with van der Waals surface area (Å²) in [6.07, 6.45) is 7.79. The summed E-state index contributed by atoms with van der Waals surface area (Å²) < 4.78 is 14.5. The number of hydrogen-bond donors (Lipinski definition) is 2. The van der Waals surface area contributed by atoms with Crippen LogP contribution in [0.3, 0.4) is 0 Å². The van der Waals surface area contributed by atoms with Gasteiger partial charge in [-0.15, -0.1) is 6.58 Å². The first kappa shape index (κ1) is 29.4. The summed E-state index contributed by atoms with van der Waals surface area (Å²) in [6.45, 7) is 10.4. The number of amides is 3. The van der Waals surface area contributed by atoms with Crippen LogP contribution in [0.1, 0.15) is 35.8 Å². The van der Waals surface area contributed by atoms with Crippen LogP contribution in [0.25, 0.3) is 5.65 Å². The van der Waals surface area contributed by atoms with Crippen molar-refractivity contribution in [1.29, 1.82) is 0 Å². The van der Waals surface area contributed by atoms with Crippen molar-refractivity contribution < 1.29 is 19.1 Å². The van der Waals surface area contributed by atoms with E-state index < -0.39 is 28.7 Å². The number of aromatic hydroxyl groups is 1. The van der Waals surface area contributed by atoms with Gasteiger partial charge in [-0.3, -0.25) is 23.8 Å². The van der Waals surface area contributed by atoms with E-state index in [0.29, 0.717) is 50.0 Å². The average Bonchev–Trinajstić information content (AvgIpc) is 3.82. The molecule has 1 aromatic carbocycles. The van der Waals surface area contributed by atoms with Gasteiger partial charge in [0.05, 0.1) is 11.4 Å². The van der Waals surface area contributed by atoms with Gasteiger partial charge in [-0.2, -0.15) is 0 Å². The maximum absolute atomic E-state index is 13.6. The first-order valence-electron chi connectivity index (χ1n) is 15.0. The van der Waals surface area contributed by atoms with Crippen molar-refractivity contribution in [3.05, 3.63) is 88.3 Å². The van der Waals surface area contributed by atoms with Crippen molar-refractivity contribution in [2.45, 2.75) is 32.4 Å². The van der Waals surface area contributed by atoms with Gasteiger partial charge in [0.2, 0.25) is 5.75 Å². The van der Waals surface area contributed by atoms with Gasteiger partial charge >= 0.3 is 11.6 Å². The number of likely N-dealkylation sites (N-methyl/N-ethyl adjacent to an activating group) is 1. The molecule has 1 unspecified atom stereocenters. The number of hydrogen-bond acceptors (Lipinski definition) is 7. The monoisotopic (exact) mass is 601 g/mol. The summed E-state index contributed by atoms with van der Waals surface area (Å²) in [5.41, 5.74) is 2.04. The number of benzene rings is 1. The number of fused-ring (bicyclic) bond motifs is 1. The van der Waals surface area contributed by atoms with E-state index in [4.69, 9.17) is 0 Å². The van der Waals surface area contributed by atoms with Gasteiger partial charge in [0.1, 0.15) is 5.82 Å². The van der Waals surface area contributed by atoms with Crippen molar-refractivity contribution >= 4 is 29.0 Å². The molecule has 0 radical (unpaired) electrons. The molecule has 3 amide bonds. The number of halogens is 1. The van der Waals surface area contributed by atoms with Gasteiger partial charge < -0.3 is 20.2 Å². The number of nitrogens with one attached hydrogen (secondary N) is 1. The highest BCUT2D eigenvalue weighted by Gasteiger charge is 2.33. The Kier molecular flexibility index (Phi) is 8.09. The molecule has 0 spiro atoms. The predicted octanol–water partition coefficient (Wildman–Crippen LogP) is 3.13. The van der Waals surface area contributed by atoms with E-state index in [1.165, 1.54) is 34.2 Å². The highest BCUT2D eigenvalue weighted by Crippen LogP contribution is 2.33. The molecule has 6 rings (SSSR count). The van der Waals surface area contributed by atoms with Gasteiger partial charge in [-0.1, -0.05) is 29.9 Å². The molecule has 4 heterocycles. The fourth-order valence-corrected chi connectivity index (χ4v) is 6.01. The molecule has 2 saturated heterocycles. The number of rotatable bonds is 10. The molecule has 2 fully saturated rings. The third kappa shape index (κ3) is 5.64. The van der Waals surface area contributed by atoms with Crippen molar-refractivity contribution in [1.82, 2.24) is 24.5 Å². The second-order valence-corrected chi connectivity index (χ2v) is 11.3. The topological polar surface area (TPSA) is 114 Å². The molecule has 2 N–H and O–H groups in total. The molecule has 230 valence electrons. The van der Waals surface area contributed by atoms with E-state index in [1.807, 2.05) is 19.1 Å². The Morgan fingerprint density at radius 2 is 1.86 bits per heavy atom. The Hall–Kier alpha value is -4.71. The van der Waals surface area contributed by atoms with Crippen LogP contribution in [0.15, 0.2) is 65.6 Å². The van der Waals surface area contributed by atoms with E-state index in [1.54, 1.807) is 16.0 Å². The first-order chi connectivity index (χ1) is 21.3. The van der Waals surface area contributed by atoms with Crippen LogP contribution >= 0.6 is 0 Å². The molecule has 2 aromatic heterocycles. The Labute approximate surface area is 254 Å². The van der Waals surface area contributed by atoms with Gasteiger partial charge in [0, 0.05) is 64.6 Å². The quantitative estimate of drug-likeness (QED) is 0.344. The molecule has 0 bridgehead atoms. The number of aromatic nitrogens is 2. The number of carbonyl (C=O) groups is 2. The van der Waals surface area contributed by atoms with Gasteiger partial charge in [0.25, 0.3) is 5.91 Å². The summed E-state index contributed by atoms with van der Waals surface area (Å²) in [5, 5.41) is 13.5. The van der Waals surface area contributed by atoms with Crippen LogP contribution in [0.2, 0.25) is 0 Å². The number of allylic oxidation sites excluding steroid dienone is 1. The maximum atomic E-state index is 13.6. The Balaban J connectivity index is 1.34. The van der Waals surface area contributed by atoms with Crippen LogP contribution in [0.5, 0.6) is 5.75 Å². The van der Waals surface area contributed by atoms with Gasteiger partial charge in [-0.05, 0) is 43.5 Å². The predicted molar refractivity (Wildman–Crippen MR) is 166 cm³/mol. The number of nitrogens with zero attached hydrogens (tertiary/aromatic N) is 6. The van der Waals surface area contributed by atoms with E-state index in [-0.39, 0.29) is 18.2 Å². The summed E-state index contributed by atoms with van der Waals surface area (Å²) in [6, 6.07) is 7.60. The number of anilines is 2. The summed E-state index contributed by atoms with van der Waals surface area (Å²) >= 11 is 0. The highest BCUT2D eigenvalue weighted by molar-refractivity contribution is 6.00. The van der Waals surface area contributed by atoms with Crippen LogP contribution in [0.4, 0.5) is 20.6 Å². The second-order valence-electron chi connectivity index (χ2n) is 11.3. The molecule has 3 aliphatic rings. The van der Waals surface area contributed by atoms with Gasteiger partial charge in [0.15, 0.2) is 11.3 Å². The van der Waals surface area contributed by atoms with Crippen molar-refractivity contribution in [3.8, 4) is 5.75 Å². The minimum atomic E-state index is -0.811. The van der Waals surface area contributed by atoms with Crippen molar-refractivity contribution in [2.75, 3.05) is 55.6 Å². The van der Waals surface area contributed by atoms with Crippen LogP contribution in [-0.4, -0.2) is 88.1 Å². The second kappa shape index (κ2) is 12.1. The highest BCUT2D eigenvalue weighted by atomic mass is 19.1. The van der Waals surface area contributed by atoms with Crippen molar-refractivity contribution in [2.24, 2.45) is 0 Å². The average molecular weight is 602 g/mol. The summed E-state index contributed by atoms with van der Waals surface area (Å²) in [7, 11) is 0. The Morgan fingerprint density at radius 1 is 1.14 bits per heavy atom. The Morgan fingerprint density at radius 3 is 2.50 bits per heavy atom. The third-order valence-electron chi connectivity index (χ3n) is 8.59. The molecule has 3 aromatic rings. The lowest BCUT2D eigenvalue weighted by Crippen LogP contribution is -2.50. The standard InChI is InChI=1S/C32H36FN7O4/c1-3-5-25(22-8-9-22)38-14-12-37(13-15-38)24-18-26(39-17-16-36(4-2)32(39)44)29-35-27(28(41)31(43)40(29)20-24)30(42)34-19-21-6-10-23(33)11-7-21/h3,6-8,10-11,18,20,25,41H,1,4-5,9,12-17,19H2,2H3,(H,34,42). The number of piperazine rings is 1. The fraction of sp³-hybridized carbons (Fsp3) is 0.375. The lowest BCUT2D eigenvalue weighted by Gasteiger charge is -2.40. The molecule has 1 atom stereocenters. The van der Waals surface area contributed by atoms with E-state index in [2.05, 4.69) is 32.8 Å². The zero-order valence-electron chi connectivity index (χ0n) is 24.7. The van der Waals surface area contributed by atoms with Crippen LogP contribution in [0, 0.1) is 5.82 Å². The minimum absolute atomic E-state index is 0.0401. The third-order valence-corrected chi connectivity index (χ3v) is 8.59. The lowest BCUT2D eigenvalue weighted by atomic mass is 10.1. The molecular formula is C32H36FN7O4. The fourth-order valence-electron chi connectivity index (χ4n) is 6.01. The molecule has 11 nitrogen and oxygen atoms in total. The number of carbonyl (C=O) groups excluding carboxylic acids is 2. The SMILES string of the molecule is C=CCC(C1=CC1)N1CCN(c2cc(N3CCN(CC)C3=O)c3nc(C(=O)NCc4ccc(F)cc4)c(O)c(=O)n3c2)CC1. The Bertz CT molecular complexity index is 1700. The lowest BCUT2D eigenvalue weighted by molar-refractivity contribution is 0.0942. The minimum Gasteiger partial charge on any atom is -0.501 e. The van der Waals surface area contributed by atoms with E-state index in [0.717, 1.165) is 31.6 Å². The van der Waals surface area contributed by atoms with E-state index in [9.17, 15) is 23.9 Å². The zero-order valence-corrected chi connectivity index (χ0v) is 24.7. The van der Waals surface area contributed by atoms with Crippen LogP contribution in [-0.2, 0) is 6.54 Å². The first-order valence-corrected chi connectivity index (χ1v) is 15.0. The number of urea groups is 1. The normalized spacial score (nSPS) is 17.6.